The van der Waals surface area contributed by atoms with Crippen LogP contribution in [0.25, 0.3) is 0 Å². The Hall–Kier alpha value is -0.780. The highest BCUT2D eigenvalue weighted by atomic mass is 35.5. The summed E-state index contributed by atoms with van der Waals surface area (Å²) in [7, 11) is 0. The van der Waals surface area contributed by atoms with Gasteiger partial charge in [0, 0.05) is 11.9 Å². The summed E-state index contributed by atoms with van der Waals surface area (Å²) in [5, 5.41) is 14.1. The van der Waals surface area contributed by atoms with Gasteiger partial charge in [0.05, 0.1) is 10.0 Å². The number of nitrogens with zero attached hydrogens (tertiary/aromatic N) is 1. The summed E-state index contributed by atoms with van der Waals surface area (Å²) in [4.78, 5) is 15.8. The zero-order valence-electron chi connectivity index (χ0n) is 10.7. The number of thioether (sulfide) groups is 1. The van der Waals surface area contributed by atoms with Gasteiger partial charge >= 0.3 is 5.97 Å². The maximum atomic E-state index is 11.7. The van der Waals surface area contributed by atoms with Gasteiger partial charge in [-0.25, -0.2) is 4.98 Å². The molecule has 1 aromatic heterocycles. The van der Waals surface area contributed by atoms with Crippen LogP contribution < -0.4 is 5.32 Å². The zero-order valence-corrected chi connectivity index (χ0v) is 12.3. The third-order valence-electron chi connectivity index (χ3n) is 3.30. The van der Waals surface area contributed by atoms with Crippen LogP contribution >= 0.6 is 23.4 Å². The summed E-state index contributed by atoms with van der Waals surface area (Å²) < 4.78 is 0. The van der Waals surface area contributed by atoms with Gasteiger partial charge in [0.15, 0.2) is 0 Å². The molecular weight excluding hydrogens is 284 g/mol. The maximum absolute atomic E-state index is 11.7. The first-order valence-electron chi connectivity index (χ1n) is 6.31. The predicted octanol–water partition coefficient (Wildman–Crippen LogP) is 2.67. The first kappa shape index (κ1) is 14.6. The van der Waals surface area contributed by atoms with E-state index < -0.39 is 11.5 Å². The standard InChI is InChI=1S/C13H17ClN2O2S/c1-2-16-13(12(17)18,9-3-4-9)8-19-11-6-5-10(14)7-15-11/h5-7,9,16H,2-4,8H2,1H3,(H,17,18). The molecule has 2 rings (SSSR count). The molecule has 19 heavy (non-hydrogen) atoms. The van der Waals surface area contributed by atoms with Crippen molar-refractivity contribution in [2.24, 2.45) is 5.92 Å². The molecule has 1 atom stereocenters. The molecule has 0 radical (unpaired) electrons. The molecule has 1 heterocycles. The quantitative estimate of drug-likeness (QED) is 0.758. The normalized spacial score (nSPS) is 18.0. The number of hydrogen-bond acceptors (Lipinski definition) is 4. The number of carboxylic acids is 1. The number of carboxylic acid groups (broad SMARTS) is 1. The molecule has 0 saturated heterocycles. The minimum absolute atomic E-state index is 0.227. The van der Waals surface area contributed by atoms with Crippen LogP contribution in [0.15, 0.2) is 23.4 Å². The van der Waals surface area contributed by atoms with Gasteiger partial charge in [-0.2, -0.15) is 0 Å². The minimum Gasteiger partial charge on any atom is -0.480 e. The van der Waals surface area contributed by atoms with Crippen molar-refractivity contribution in [2.75, 3.05) is 12.3 Å². The molecule has 0 spiro atoms. The van der Waals surface area contributed by atoms with Gasteiger partial charge in [0.2, 0.25) is 0 Å². The third kappa shape index (κ3) is 3.41. The fourth-order valence-electron chi connectivity index (χ4n) is 2.15. The van der Waals surface area contributed by atoms with Crippen LogP contribution in [-0.4, -0.2) is 33.9 Å². The number of aliphatic carboxylic acids is 1. The van der Waals surface area contributed by atoms with Crippen LogP contribution in [0.2, 0.25) is 5.02 Å². The summed E-state index contributed by atoms with van der Waals surface area (Å²) in [6.07, 6.45) is 3.54. The van der Waals surface area contributed by atoms with E-state index >= 15 is 0 Å². The van der Waals surface area contributed by atoms with E-state index in [1.807, 2.05) is 13.0 Å². The fourth-order valence-corrected chi connectivity index (χ4v) is 3.39. The molecule has 104 valence electrons. The second-order valence-electron chi connectivity index (χ2n) is 4.68. The molecule has 2 N–H and O–H groups in total. The molecular formula is C13H17ClN2O2S. The minimum atomic E-state index is -0.833. The Balaban J connectivity index is 2.07. The summed E-state index contributed by atoms with van der Waals surface area (Å²) in [6.45, 7) is 2.59. The molecule has 0 amide bonds. The van der Waals surface area contributed by atoms with Crippen molar-refractivity contribution in [1.82, 2.24) is 10.3 Å². The van der Waals surface area contributed by atoms with Gasteiger partial charge in [0.1, 0.15) is 5.54 Å². The molecule has 1 aromatic rings. The van der Waals surface area contributed by atoms with Crippen LogP contribution in [-0.2, 0) is 4.79 Å². The maximum Gasteiger partial charge on any atom is 0.325 e. The Bertz CT molecular complexity index is 450. The number of pyridine rings is 1. The number of aromatic nitrogens is 1. The monoisotopic (exact) mass is 300 g/mol. The lowest BCUT2D eigenvalue weighted by molar-refractivity contribution is -0.144. The molecule has 0 aliphatic heterocycles. The smallest absolute Gasteiger partial charge is 0.325 e. The van der Waals surface area contributed by atoms with Crippen molar-refractivity contribution in [1.29, 1.82) is 0 Å². The van der Waals surface area contributed by atoms with E-state index in [1.165, 1.54) is 11.8 Å². The average Bonchev–Trinajstić information content (AvgIpc) is 3.20. The molecule has 1 fully saturated rings. The lowest BCUT2D eigenvalue weighted by Gasteiger charge is -2.30. The van der Waals surface area contributed by atoms with E-state index in [0.29, 0.717) is 17.3 Å². The highest BCUT2D eigenvalue weighted by Crippen LogP contribution is 2.42. The molecule has 1 aliphatic rings. The Morgan fingerprint density at radius 1 is 1.63 bits per heavy atom. The predicted molar refractivity (Wildman–Crippen MR) is 76.7 cm³/mol. The highest BCUT2D eigenvalue weighted by molar-refractivity contribution is 7.99. The van der Waals surface area contributed by atoms with Gasteiger partial charge in [-0.1, -0.05) is 18.5 Å². The summed E-state index contributed by atoms with van der Waals surface area (Å²) in [5.74, 6) is -0.0572. The van der Waals surface area contributed by atoms with Gasteiger partial charge < -0.3 is 10.4 Å². The van der Waals surface area contributed by atoms with Gasteiger partial charge in [-0.05, 0) is 37.4 Å². The Labute approximate surface area is 121 Å². The third-order valence-corrected chi connectivity index (χ3v) is 4.66. The number of carbonyl (C=O) groups is 1. The largest absolute Gasteiger partial charge is 0.480 e. The second kappa shape index (κ2) is 6.11. The van der Waals surface area contributed by atoms with Crippen molar-refractivity contribution in [3.05, 3.63) is 23.4 Å². The molecule has 0 bridgehead atoms. The number of halogens is 1. The number of nitrogens with one attached hydrogen (secondary N) is 1. The van der Waals surface area contributed by atoms with E-state index in [0.717, 1.165) is 17.9 Å². The Kier molecular flexibility index (Phi) is 4.71. The van der Waals surface area contributed by atoms with E-state index in [9.17, 15) is 9.90 Å². The van der Waals surface area contributed by atoms with Crippen LogP contribution in [0.5, 0.6) is 0 Å². The van der Waals surface area contributed by atoms with Crippen LogP contribution in [0.1, 0.15) is 19.8 Å². The first-order valence-corrected chi connectivity index (χ1v) is 7.67. The highest BCUT2D eigenvalue weighted by Gasteiger charge is 2.50. The Morgan fingerprint density at radius 2 is 2.37 bits per heavy atom. The second-order valence-corrected chi connectivity index (χ2v) is 6.12. The summed E-state index contributed by atoms with van der Waals surface area (Å²) >= 11 is 7.24. The van der Waals surface area contributed by atoms with Crippen molar-refractivity contribution in [2.45, 2.75) is 30.3 Å². The fraction of sp³-hybridized carbons (Fsp3) is 0.538. The first-order chi connectivity index (χ1) is 9.08. The van der Waals surface area contributed by atoms with Crippen LogP contribution in [0.3, 0.4) is 0 Å². The topological polar surface area (TPSA) is 62.2 Å². The molecule has 1 unspecified atom stereocenters. The molecule has 6 heteroatoms. The summed E-state index contributed by atoms with van der Waals surface area (Å²) in [6, 6.07) is 3.59. The van der Waals surface area contributed by atoms with Crippen LogP contribution in [0.4, 0.5) is 0 Å². The van der Waals surface area contributed by atoms with E-state index in [4.69, 9.17) is 11.6 Å². The average molecular weight is 301 g/mol. The lowest BCUT2D eigenvalue weighted by Crippen LogP contribution is -2.56. The van der Waals surface area contributed by atoms with Crippen LogP contribution in [0, 0.1) is 5.92 Å². The molecule has 1 saturated carbocycles. The Morgan fingerprint density at radius 3 is 2.84 bits per heavy atom. The molecule has 4 nitrogen and oxygen atoms in total. The number of rotatable bonds is 7. The van der Waals surface area contributed by atoms with Gasteiger partial charge in [-0.15, -0.1) is 11.8 Å². The van der Waals surface area contributed by atoms with Gasteiger partial charge in [-0.3, -0.25) is 4.79 Å². The lowest BCUT2D eigenvalue weighted by atomic mass is 9.96. The molecule has 0 aromatic carbocycles. The van der Waals surface area contributed by atoms with Crippen molar-refractivity contribution in [3.8, 4) is 0 Å². The van der Waals surface area contributed by atoms with Crippen molar-refractivity contribution < 1.29 is 9.90 Å². The van der Waals surface area contributed by atoms with E-state index in [1.54, 1.807) is 12.3 Å². The van der Waals surface area contributed by atoms with Crippen molar-refractivity contribution in [3.63, 3.8) is 0 Å². The van der Waals surface area contributed by atoms with Crippen molar-refractivity contribution >= 4 is 29.3 Å². The molecule has 1 aliphatic carbocycles. The summed E-state index contributed by atoms with van der Waals surface area (Å²) in [5.41, 5.74) is -0.833. The zero-order chi connectivity index (χ0) is 13.9. The SMILES string of the molecule is CCNC(CSc1ccc(Cl)cn1)(C(=O)O)C1CC1. The number of hydrogen-bond donors (Lipinski definition) is 2. The van der Waals surface area contributed by atoms with Gasteiger partial charge in [0.25, 0.3) is 0 Å². The number of likely N-dealkylation sites (N-methyl/N-ethyl adjacent to an activating group) is 1. The van der Waals surface area contributed by atoms with E-state index in [2.05, 4.69) is 10.3 Å². The van der Waals surface area contributed by atoms with E-state index in [-0.39, 0.29) is 5.92 Å².